The third kappa shape index (κ3) is 4.43. The van der Waals surface area contributed by atoms with Gasteiger partial charge in [-0.2, -0.15) is 0 Å². The molecular formula is C16H15Cl2FN2O3. The number of nitrogens with one attached hydrogen (secondary N) is 2. The van der Waals surface area contributed by atoms with Gasteiger partial charge >= 0.3 is 0 Å². The number of amides is 1. The van der Waals surface area contributed by atoms with Crippen LogP contribution in [0.1, 0.15) is 0 Å². The van der Waals surface area contributed by atoms with Crippen LogP contribution in [0.5, 0.6) is 11.5 Å². The molecule has 24 heavy (non-hydrogen) atoms. The van der Waals surface area contributed by atoms with Crippen LogP contribution in [0.2, 0.25) is 10.0 Å². The predicted octanol–water partition coefficient (Wildman–Crippen LogP) is 4.20. The van der Waals surface area contributed by atoms with Crippen LogP contribution in [-0.4, -0.2) is 26.7 Å². The summed E-state index contributed by atoms with van der Waals surface area (Å²) in [6, 6.07) is 7.21. The molecule has 0 saturated heterocycles. The first kappa shape index (κ1) is 18.2. The van der Waals surface area contributed by atoms with E-state index >= 15 is 0 Å². The highest BCUT2D eigenvalue weighted by Crippen LogP contribution is 2.35. The second kappa shape index (κ2) is 8.08. The topological polar surface area (TPSA) is 59.6 Å². The van der Waals surface area contributed by atoms with Crippen LogP contribution >= 0.6 is 23.2 Å². The van der Waals surface area contributed by atoms with Crippen molar-refractivity contribution in [2.24, 2.45) is 0 Å². The summed E-state index contributed by atoms with van der Waals surface area (Å²) >= 11 is 11.7. The maximum absolute atomic E-state index is 13.1. The Morgan fingerprint density at radius 3 is 2.42 bits per heavy atom. The van der Waals surface area contributed by atoms with Crippen molar-refractivity contribution in [1.29, 1.82) is 0 Å². The molecule has 2 N–H and O–H groups in total. The minimum atomic E-state index is -0.524. The Hall–Kier alpha value is -2.18. The molecule has 0 aromatic heterocycles. The molecule has 1 amide bonds. The van der Waals surface area contributed by atoms with Crippen LogP contribution in [0.4, 0.5) is 15.8 Å². The number of halogens is 3. The standard InChI is InChI=1S/C16H15Cl2FN2O3/c1-23-14-7-15(24-2)13(6-11(14)18)21-16(22)8-20-9-3-4-12(19)10(17)5-9/h3-7,20H,8H2,1-2H3,(H,21,22). The molecule has 0 atom stereocenters. The van der Waals surface area contributed by atoms with Crippen molar-refractivity contribution in [1.82, 2.24) is 0 Å². The van der Waals surface area contributed by atoms with Crippen molar-refractivity contribution in [3.8, 4) is 11.5 Å². The van der Waals surface area contributed by atoms with Crippen LogP contribution in [0.25, 0.3) is 0 Å². The highest BCUT2D eigenvalue weighted by Gasteiger charge is 2.12. The maximum atomic E-state index is 13.1. The predicted molar refractivity (Wildman–Crippen MR) is 93.1 cm³/mol. The summed E-state index contributed by atoms with van der Waals surface area (Å²) in [4.78, 5) is 12.1. The van der Waals surface area contributed by atoms with Crippen molar-refractivity contribution in [3.05, 3.63) is 46.2 Å². The molecule has 0 bridgehead atoms. The first-order valence-electron chi connectivity index (χ1n) is 6.85. The van der Waals surface area contributed by atoms with E-state index in [9.17, 15) is 9.18 Å². The Balaban J connectivity index is 2.04. The highest BCUT2D eigenvalue weighted by atomic mass is 35.5. The van der Waals surface area contributed by atoms with E-state index in [4.69, 9.17) is 32.7 Å². The molecule has 0 saturated carbocycles. The lowest BCUT2D eigenvalue weighted by molar-refractivity contribution is -0.114. The van der Waals surface area contributed by atoms with Crippen molar-refractivity contribution in [2.45, 2.75) is 0 Å². The molecule has 0 unspecified atom stereocenters. The quantitative estimate of drug-likeness (QED) is 0.797. The normalized spacial score (nSPS) is 10.2. The lowest BCUT2D eigenvalue weighted by Crippen LogP contribution is -2.22. The van der Waals surface area contributed by atoms with Gasteiger partial charge in [0.05, 0.1) is 36.5 Å². The van der Waals surface area contributed by atoms with Crippen molar-refractivity contribution in [3.63, 3.8) is 0 Å². The summed E-state index contributed by atoms with van der Waals surface area (Å²) < 4.78 is 23.4. The maximum Gasteiger partial charge on any atom is 0.243 e. The molecule has 0 spiro atoms. The zero-order valence-corrected chi connectivity index (χ0v) is 14.5. The molecule has 2 rings (SSSR count). The van der Waals surface area contributed by atoms with Gasteiger partial charge in [0.2, 0.25) is 5.91 Å². The van der Waals surface area contributed by atoms with E-state index in [0.29, 0.717) is 27.9 Å². The number of hydrogen-bond acceptors (Lipinski definition) is 4. The molecule has 5 nitrogen and oxygen atoms in total. The van der Waals surface area contributed by atoms with Crippen molar-refractivity contribution >= 4 is 40.5 Å². The lowest BCUT2D eigenvalue weighted by atomic mass is 10.2. The summed E-state index contributed by atoms with van der Waals surface area (Å²) in [5, 5.41) is 5.84. The molecule has 2 aromatic carbocycles. The molecule has 2 aromatic rings. The molecule has 0 aliphatic heterocycles. The van der Waals surface area contributed by atoms with Gasteiger partial charge < -0.3 is 20.1 Å². The number of methoxy groups -OCH3 is 2. The zero-order valence-electron chi connectivity index (χ0n) is 13.0. The first-order chi connectivity index (χ1) is 11.4. The van der Waals surface area contributed by atoms with Crippen LogP contribution in [-0.2, 0) is 4.79 Å². The van der Waals surface area contributed by atoms with E-state index in [1.165, 1.54) is 38.5 Å². The summed E-state index contributed by atoms with van der Waals surface area (Å²) in [5.41, 5.74) is 0.934. The Labute approximate surface area is 148 Å². The van der Waals surface area contributed by atoms with Gasteiger partial charge in [-0.1, -0.05) is 23.2 Å². The molecule has 128 valence electrons. The third-order valence-corrected chi connectivity index (χ3v) is 3.71. The molecule has 0 aliphatic carbocycles. The van der Waals surface area contributed by atoms with Crippen molar-refractivity contribution < 1.29 is 18.7 Å². The number of rotatable bonds is 6. The van der Waals surface area contributed by atoms with Crippen LogP contribution in [0.15, 0.2) is 30.3 Å². The van der Waals surface area contributed by atoms with Gasteiger partial charge in [0.15, 0.2) is 0 Å². The summed E-state index contributed by atoms with van der Waals surface area (Å²) in [6.45, 7) is -0.0469. The molecular weight excluding hydrogens is 358 g/mol. The molecule has 0 radical (unpaired) electrons. The van der Waals surface area contributed by atoms with E-state index in [1.54, 1.807) is 6.07 Å². The molecule has 0 heterocycles. The molecule has 0 fully saturated rings. The average Bonchev–Trinajstić information content (AvgIpc) is 2.56. The summed E-state index contributed by atoms with van der Waals surface area (Å²) in [5.74, 6) is -0.0146. The Kier molecular flexibility index (Phi) is 6.11. The van der Waals surface area contributed by atoms with Gasteiger partial charge in [-0.05, 0) is 24.3 Å². The van der Waals surface area contributed by atoms with E-state index in [2.05, 4.69) is 10.6 Å². The lowest BCUT2D eigenvalue weighted by Gasteiger charge is -2.13. The first-order valence-corrected chi connectivity index (χ1v) is 7.60. The number of anilines is 2. The van der Waals surface area contributed by atoms with Gasteiger partial charge in [0, 0.05) is 11.8 Å². The van der Waals surface area contributed by atoms with E-state index in [0.717, 1.165) is 0 Å². The number of ether oxygens (including phenoxy) is 2. The number of benzene rings is 2. The van der Waals surface area contributed by atoms with E-state index in [-0.39, 0.29) is 17.5 Å². The zero-order chi connectivity index (χ0) is 17.7. The van der Waals surface area contributed by atoms with Crippen LogP contribution < -0.4 is 20.1 Å². The van der Waals surface area contributed by atoms with Gasteiger partial charge in [-0.3, -0.25) is 4.79 Å². The monoisotopic (exact) mass is 372 g/mol. The SMILES string of the molecule is COc1cc(OC)c(NC(=O)CNc2ccc(F)c(Cl)c2)cc1Cl. The van der Waals surface area contributed by atoms with Gasteiger partial charge in [-0.15, -0.1) is 0 Å². The second-order valence-electron chi connectivity index (χ2n) is 4.72. The van der Waals surface area contributed by atoms with Crippen LogP contribution in [0.3, 0.4) is 0 Å². The Bertz CT molecular complexity index is 756. The second-order valence-corrected chi connectivity index (χ2v) is 5.53. The van der Waals surface area contributed by atoms with Gasteiger partial charge in [-0.25, -0.2) is 4.39 Å². The minimum Gasteiger partial charge on any atom is -0.495 e. The van der Waals surface area contributed by atoms with Gasteiger partial charge in [0.1, 0.15) is 17.3 Å². The molecule has 8 heteroatoms. The largest absolute Gasteiger partial charge is 0.495 e. The average molecular weight is 373 g/mol. The minimum absolute atomic E-state index is 0.0241. The number of carbonyl (C=O) groups excluding carboxylic acids is 1. The van der Waals surface area contributed by atoms with E-state index in [1.807, 2.05) is 0 Å². The Morgan fingerprint density at radius 2 is 1.79 bits per heavy atom. The number of hydrogen-bond donors (Lipinski definition) is 2. The van der Waals surface area contributed by atoms with Gasteiger partial charge in [0.25, 0.3) is 0 Å². The summed E-state index contributed by atoms with van der Waals surface area (Å²) in [7, 11) is 2.95. The third-order valence-electron chi connectivity index (χ3n) is 3.12. The molecule has 0 aliphatic rings. The van der Waals surface area contributed by atoms with E-state index < -0.39 is 5.82 Å². The smallest absolute Gasteiger partial charge is 0.243 e. The van der Waals surface area contributed by atoms with Crippen LogP contribution in [0, 0.1) is 5.82 Å². The fourth-order valence-electron chi connectivity index (χ4n) is 1.94. The highest BCUT2D eigenvalue weighted by molar-refractivity contribution is 6.32. The fourth-order valence-corrected chi connectivity index (χ4v) is 2.36. The number of carbonyl (C=O) groups is 1. The fraction of sp³-hybridized carbons (Fsp3) is 0.188. The van der Waals surface area contributed by atoms with Crippen molar-refractivity contribution in [2.75, 3.05) is 31.4 Å². The Morgan fingerprint density at radius 1 is 1.08 bits per heavy atom. The summed E-state index contributed by atoms with van der Waals surface area (Å²) in [6.07, 6.45) is 0.